The molecule has 0 N–H and O–H groups in total. The highest BCUT2D eigenvalue weighted by Gasteiger charge is 2.45. The third kappa shape index (κ3) is 5.63. The van der Waals surface area contributed by atoms with Gasteiger partial charge < -0.3 is 23.7 Å². The van der Waals surface area contributed by atoms with Crippen LogP contribution in [0.5, 0.6) is 5.75 Å². The Morgan fingerprint density at radius 3 is 2.42 bits per heavy atom. The molecule has 36 heavy (non-hydrogen) atoms. The van der Waals surface area contributed by atoms with E-state index >= 15 is 0 Å². The first-order chi connectivity index (χ1) is 17.4. The van der Waals surface area contributed by atoms with E-state index in [1.54, 1.807) is 29.4 Å². The van der Waals surface area contributed by atoms with E-state index in [4.69, 9.17) is 37.4 Å². The minimum Gasteiger partial charge on any atom is -0.491 e. The van der Waals surface area contributed by atoms with Gasteiger partial charge in [0.2, 0.25) is 5.79 Å². The van der Waals surface area contributed by atoms with Crippen LogP contribution >= 0.6 is 23.2 Å². The maximum Gasteiger partial charge on any atom is 0.215 e. The molecule has 2 aliphatic rings. The molecule has 2 aromatic carbocycles. The highest BCUT2D eigenvalue weighted by Crippen LogP contribution is 2.40. The van der Waals surface area contributed by atoms with Gasteiger partial charge in [0.15, 0.2) is 0 Å². The number of piperazine rings is 1. The maximum absolute atomic E-state index is 6.54. The molecule has 2 aliphatic heterocycles. The molecule has 2 unspecified atom stereocenters. The number of nitrogens with zero attached hydrogens (tertiary/aromatic N) is 5. The third-order valence-corrected chi connectivity index (χ3v) is 7.29. The molecule has 0 saturated carbocycles. The van der Waals surface area contributed by atoms with E-state index in [9.17, 15) is 0 Å². The lowest BCUT2D eigenvalue weighted by atomic mass is 10.1. The summed E-state index contributed by atoms with van der Waals surface area (Å²) in [6, 6.07) is 14.2. The second kappa shape index (κ2) is 10.9. The number of aromatic nitrogens is 3. The summed E-state index contributed by atoms with van der Waals surface area (Å²) in [6.45, 7) is 9.80. The fourth-order valence-electron chi connectivity index (χ4n) is 4.74. The Morgan fingerprint density at radius 2 is 1.75 bits per heavy atom. The van der Waals surface area contributed by atoms with E-state index < -0.39 is 5.79 Å². The summed E-state index contributed by atoms with van der Waals surface area (Å²) in [5, 5.41) is 8.80. The van der Waals surface area contributed by atoms with Crippen molar-refractivity contribution < 1.29 is 14.2 Å². The molecule has 0 radical (unpaired) electrons. The van der Waals surface area contributed by atoms with Gasteiger partial charge in [0.25, 0.3) is 0 Å². The summed E-state index contributed by atoms with van der Waals surface area (Å²) in [5.41, 5.74) is 1.92. The minimum absolute atomic E-state index is 0.281. The Morgan fingerprint density at radius 1 is 1.03 bits per heavy atom. The van der Waals surface area contributed by atoms with E-state index in [2.05, 4.69) is 46.0 Å². The van der Waals surface area contributed by atoms with Crippen LogP contribution in [-0.2, 0) is 21.8 Å². The molecule has 5 rings (SSSR count). The maximum atomic E-state index is 6.54. The minimum atomic E-state index is -1.10. The summed E-state index contributed by atoms with van der Waals surface area (Å²) < 4.78 is 20.5. The van der Waals surface area contributed by atoms with Crippen LogP contribution in [-0.4, -0.2) is 71.2 Å². The highest BCUT2D eigenvalue weighted by atomic mass is 35.5. The zero-order valence-electron chi connectivity index (χ0n) is 20.5. The van der Waals surface area contributed by atoms with Crippen molar-refractivity contribution in [3.8, 4) is 5.75 Å². The van der Waals surface area contributed by atoms with Crippen LogP contribution in [0.3, 0.4) is 0 Å². The topological polar surface area (TPSA) is 64.9 Å². The lowest BCUT2D eigenvalue weighted by molar-refractivity contribution is -0.189. The highest BCUT2D eigenvalue weighted by molar-refractivity contribution is 6.35. The van der Waals surface area contributed by atoms with Crippen molar-refractivity contribution in [3.05, 3.63) is 70.7 Å². The Balaban J connectivity index is 1.21. The van der Waals surface area contributed by atoms with Gasteiger partial charge in [-0.1, -0.05) is 29.3 Å². The van der Waals surface area contributed by atoms with Gasteiger partial charge in [0, 0.05) is 48.5 Å². The van der Waals surface area contributed by atoms with Gasteiger partial charge in [-0.3, -0.25) is 4.90 Å². The smallest absolute Gasteiger partial charge is 0.215 e. The molecular weight excluding hydrogens is 501 g/mol. The summed E-state index contributed by atoms with van der Waals surface area (Å²) in [4.78, 5) is 4.93. The Hall–Kier alpha value is -2.36. The van der Waals surface area contributed by atoms with Crippen LogP contribution in [0.15, 0.2) is 55.1 Å². The van der Waals surface area contributed by atoms with E-state index in [-0.39, 0.29) is 6.10 Å². The molecule has 0 spiro atoms. The third-order valence-electron chi connectivity index (χ3n) is 6.74. The molecule has 1 aromatic heterocycles. The van der Waals surface area contributed by atoms with Crippen LogP contribution < -0.4 is 9.64 Å². The first-order valence-electron chi connectivity index (χ1n) is 12.2. The summed E-state index contributed by atoms with van der Waals surface area (Å²) in [5.74, 6) is -0.302. The molecule has 2 saturated heterocycles. The summed E-state index contributed by atoms with van der Waals surface area (Å²) >= 11 is 12.7. The molecule has 2 fully saturated rings. The average molecular weight is 532 g/mol. The van der Waals surface area contributed by atoms with Crippen molar-refractivity contribution in [2.45, 2.75) is 38.3 Å². The molecule has 2 atom stereocenters. The van der Waals surface area contributed by atoms with Gasteiger partial charge in [-0.25, -0.2) is 0 Å². The predicted molar refractivity (Wildman–Crippen MR) is 140 cm³/mol. The van der Waals surface area contributed by atoms with Gasteiger partial charge >= 0.3 is 0 Å². The quantitative estimate of drug-likeness (QED) is 0.425. The van der Waals surface area contributed by atoms with Gasteiger partial charge in [-0.15, -0.1) is 10.2 Å². The van der Waals surface area contributed by atoms with Crippen LogP contribution in [0.1, 0.15) is 19.4 Å². The Bertz CT molecular complexity index is 1140. The number of benzene rings is 2. The SMILES string of the molecule is CC(C)N1CCN(c2ccc(OCC3COC(Cn4cnnc4)(c4ccc(Cl)cc4Cl)O3)cc2)CC1. The normalized spacial score (nSPS) is 22.9. The van der Waals surface area contributed by atoms with Crippen LogP contribution in [0.25, 0.3) is 0 Å². The zero-order chi connectivity index (χ0) is 25.1. The van der Waals surface area contributed by atoms with Crippen molar-refractivity contribution >= 4 is 28.9 Å². The average Bonchev–Trinajstić information content (AvgIpc) is 3.54. The van der Waals surface area contributed by atoms with Crippen molar-refractivity contribution in [2.75, 3.05) is 44.3 Å². The van der Waals surface area contributed by atoms with E-state index in [0.717, 1.165) is 31.9 Å². The first kappa shape index (κ1) is 25.3. The summed E-state index contributed by atoms with van der Waals surface area (Å²) in [7, 11) is 0. The molecule has 0 aliphatic carbocycles. The van der Waals surface area contributed by atoms with Crippen molar-refractivity contribution in [1.29, 1.82) is 0 Å². The van der Waals surface area contributed by atoms with Crippen molar-refractivity contribution in [2.24, 2.45) is 0 Å². The van der Waals surface area contributed by atoms with Gasteiger partial charge in [-0.05, 0) is 50.2 Å². The molecule has 8 nitrogen and oxygen atoms in total. The largest absolute Gasteiger partial charge is 0.491 e. The molecule has 3 heterocycles. The zero-order valence-corrected chi connectivity index (χ0v) is 22.0. The standard InChI is InChI=1S/C26H31Cl2N5O3/c1-19(2)32-9-11-33(12-10-32)21-4-6-22(7-5-21)34-14-23-15-35-26(36-23,16-31-17-29-30-18-31)24-8-3-20(27)13-25(24)28/h3-8,13,17-19,23H,9-12,14-16H2,1-2H3. The molecule has 10 heteroatoms. The lowest BCUT2D eigenvalue weighted by Gasteiger charge is -2.38. The number of anilines is 1. The summed E-state index contributed by atoms with van der Waals surface area (Å²) in [6.07, 6.45) is 2.95. The number of ether oxygens (including phenoxy) is 3. The Kier molecular flexibility index (Phi) is 7.69. The number of hydrogen-bond acceptors (Lipinski definition) is 7. The van der Waals surface area contributed by atoms with E-state index in [1.165, 1.54) is 5.69 Å². The molecule has 3 aromatic rings. The predicted octanol–water partition coefficient (Wildman–Crippen LogP) is 4.46. The van der Waals surface area contributed by atoms with Crippen LogP contribution in [0, 0.1) is 0 Å². The van der Waals surface area contributed by atoms with Crippen LogP contribution in [0.2, 0.25) is 10.0 Å². The fourth-order valence-corrected chi connectivity index (χ4v) is 5.29. The van der Waals surface area contributed by atoms with Crippen molar-refractivity contribution in [3.63, 3.8) is 0 Å². The van der Waals surface area contributed by atoms with E-state index in [0.29, 0.717) is 41.4 Å². The second-order valence-electron chi connectivity index (χ2n) is 9.48. The Labute approximate surface area is 221 Å². The van der Waals surface area contributed by atoms with Crippen molar-refractivity contribution in [1.82, 2.24) is 19.7 Å². The van der Waals surface area contributed by atoms with Gasteiger partial charge in [-0.2, -0.15) is 0 Å². The van der Waals surface area contributed by atoms with E-state index in [1.807, 2.05) is 18.2 Å². The molecular formula is C26H31Cl2N5O3. The fraction of sp³-hybridized carbons (Fsp3) is 0.462. The molecule has 0 amide bonds. The van der Waals surface area contributed by atoms with Gasteiger partial charge in [0.05, 0.1) is 18.2 Å². The van der Waals surface area contributed by atoms with Crippen LogP contribution in [0.4, 0.5) is 5.69 Å². The monoisotopic (exact) mass is 531 g/mol. The first-order valence-corrected chi connectivity index (χ1v) is 13.0. The number of hydrogen-bond donors (Lipinski definition) is 0. The lowest BCUT2D eigenvalue weighted by Crippen LogP contribution is -2.48. The molecule has 192 valence electrons. The number of halogens is 2. The number of rotatable bonds is 8. The van der Waals surface area contributed by atoms with Gasteiger partial charge in [0.1, 0.15) is 31.1 Å². The molecule has 0 bridgehead atoms. The second-order valence-corrected chi connectivity index (χ2v) is 10.3.